The SMILES string of the molecule is CCn1cc(C(=O)Nc2ccccc2N2CC[NH+](C)CC2)c(=O)c2ccc(C)nc21. The molecule has 0 bridgehead atoms. The zero-order chi connectivity index (χ0) is 21.3. The molecule has 1 amide bonds. The molecule has 1 aliphatic heterocycles. The number of para-hydroxylation sites is 2. The smallest absolute Gasteiger partial charge is 0.261 e. The number of aromatic nitrogens is 2. The first-order valence-corrected chi connectivity index (χ1v) is 10.5. The minimum atomic E-state index is -0.392. The Labute approximate surface area is 175 Å². The number of hydrogen-bond donors (Lipinski definition) is 2. The Morgan fingerprint density at radius 2 is 1.90 bits per heavy atom. The largest absolute Gasteiger partial charge is 0.359 e. The van der Waals surface area contributed by atoms with Crippen molar-refractivity contribution >= 4 is 28.3 Å². The highest BCUT2D eigenvalue weighted by atomic mass is 16.2. The molecule has 7 heteroatoms. The number of benzene rings is 1. The Balaban J connectivity index is 1.69. The van der Waals surface area contributed by atoms with Crippen LogP contribution in [-0.2, 0) is 6.54 Å². The van der Waals surface area contributed by atoms with E-state index in [1.54, 1.807) is 18.3 Å². The maximum atomic E-state index is 13.1. The van der Waals surface area contributed by atoms with Crippen molar-refractivity contribution < 1.29 is 9.69 Å². The molecule has 1 aliphatic rings. The number of hydrogen-bond acceptors (Lipinski definition) is 4. The van der Waals surface area contributed by atoms with Crippen LogP contribution in [0.25, 0.3) is 11.0 Å². The lowest BCUT2D eigenvalue weighted by Crippen LogP contribution is -3.12. The number of anilines is 2. The predicted octanol–water partition coefficient (Wildman–Crippen LogP) is 1.31. The van der Waals surface area contributed by atoms with Gasteiger partial charge in [-0.25, -0.2) is 4.98 Å². The normalized spacial score (nSPS) is 14.8. The van der Waals surface area contributed by atoms with E-state index >= 15 is 0 Å². The Kier molecular flexibility index (Phi) is 5.55. The summed E-state index contributed by atoms with van der Waals surface area (Å²) in [7, 11) is 2.19. The summed E-state index contributed by atoms with van der Waals surface area (Å²) >= 11 is 0. The van der Waals surface area contributed by atoms with Crippen LogP contribution in [0.5, 0.6) is 0 Å². The van der Waals surface area contributed by atoms with Crippen LogP contribution < -0.4 is 20.5 Å². The minimum Gasteiger partial charge on any atom is -0.359 e. The summed E-state index contributed by atoms with van der Waals surface area (Å²) in [6.07, 6.45) is 1.62. The molecule has 3 heterocycles. The summed E-state index contributed by atoms with van der Waals surface area (Å²) in [6.45, 7) is 8.46. The van der Waals surface area contributed by atoms with Crippen LogP contribution in [0.15, 0.2) is 47.4 Å². The van der Waals surface area contributed by atoms with Crippen LogP contribution in [0.4, 0.5) is 11.4 Å². The molecule has 0 radical (unpaired) electrons. The van der Waals surface area contributed by atoms with Crippen molar-refractivity contribution in [3.05, 3.63) is 64.1 Å². The average Bonchev–Trinajstić information content (AvgIpc) is 2.75. The Hall–Kier alpha value is -3.19. The number of carbonyl (C=O) groups excluding carboxylic acids is 1. The molecule has 156 valence electrons. The fourth-order valence-corrected chi connectivity index (χ4v) is 3.94. The van der Waals surface area contributed by atoms with Crippen LogP contribution >= 0.6 is 0 Å². The van der Waals surface area contributed by atoms with Gasteiger partial charge >= 0.3 is 0 Å². The molecule has 4 rings (SSSR count). The molecular weight excluding hydrogens is 378 g/mol. The zero-order valence-electron chi connectivity index (χ0n) is 17.7. The second kappa shape index (κ2) is 8.28. The van der Waals surface area contributed by atoms with E-state index in [4.69, 9.17) is 0 Å². The first-order chi connectivity index (χ1) is 14.5. The van der Waals surface area contributed by atoms with Crippen molar-refractivity contribution in [2.24, 2.45) is 0 Å². The van der Waals surface area contributed by atoms with E-state index in [2.05, 4.69) is 22.2 Å². The molecule has 0 spiro atoms. The summed E-state index contributed by atoms with van der Waals surface area (Å²) in [5, 5.41) is 3.45. The molecule has 1 aromatic carbocycles. The van der Waals surface area contributed by atoms with E-state index in [1.807, 2.05) is 42.7 Å². The fourth-order valence-electron chi connectivity index (χ4n) is 3.94. The number of aryl methyl sites for hydroxylation is 2. The molecular formula is C23H28N5O2+. The highest BCUT2D eigenvalue weighted by Gasteiger charge is 2.21. The molecule has 0 aliphatic carbocycles. The van der Waals surface area contributed by atoms with Crippen LogP contribution in [-0.4, -0.2) is 48.7 Å². The number of nitrogens with one attached hydrogen (secondary N) is 2. The van der Waals surface area contributed by atoms with Gasteiger partial charge in [-0.15, -0.1) is 0 Å². The van der Waals surface area contributed by atoms with Crippen molar-refractivity contribution in [3.63, 3.8) is 0 Å². The third-order valence-corrected chi connectivity index (χ3v) is 5.76. The Bertz CT molecular complexity index is 1150. The van der Waals surface area contributed by atoms with Gasteiger partial charge in [-0.05, 0) is 38.1 Å². The number of pyridine rings is 2. The van der Waals surface area contributed by atoms with Crippen LogP contribution in [0.2, 0.25) is 0 Å². The van der Waals surface area contributed by atoms with Crippen LogP contribution in [0.3, 0.4) is 0 Å². The van der Waals surface area contributed by atoms with Gasteiger partial charge in [0.2, 0.25) is 5.43 Å². The quantitative estimate of drug-likeness (QED) is 0.685. The number of piperazine rings is 1. The molecule has 0 unspecified atom stereocenters. The van der Waals surface area contributed by atoms with Gasteiger partial charge in [-0.2, -0.15) is 0 Å². The van der Waals surface area contributed by atoms with Gasteiger partial charge < -0.3 is 19.7 Å². The third kappa shape index (κ3) is 3.80. The van der Waals surface area contributed by atoms with Gasteiger partial charge in [0.05, 0.1) is 50.0 Å². The van der Waals surface area contributed by atoms with Crippen molar-refractivity contribution in [2.75, 3.05) is 43.4 Å². The standard InChI is InChI=1S/C23H27N5O2/c1-4-27-15-18(21(29)17-10-9-16(2)24-22(17)27)23(30)25-19-7-5-6-8-20(19)28-13-11-26(3)12-14-28/h5-10,15H,4,11-14H2,1-3H3,(H,25,30)/p+1. The number of rotatable bonds is 4. The fraction of sp³-hybridized carbons (Fsp3) is 0.348. The lowest BCUT2D eigenvalue weighted by atomic mass is 10.1. The Morgan fingerprint density at radius 3 is 2.63 bits per heavy atom. The summed E-state index contributed by atoms with van der Waals surface area (Å²) in [5.74, 6) is -0.392. The van der Waals surface area contributed by atoms with Gasteiger partial charge in [-0.3, -0.25) is 9.59 Å². The van der Waals surface area contributed by atoms with E-state index in [0.29, 0.717) is 17.6 Å². The summed E-state index contributed by atoms with van der Waals surface area (Å²) < 4.78 is 1.85. The van der Waals surface area contributed by atoms with E-state index in [-0.39, 0.29) is 11.0 Å². The topological polar surface area (TPSA) is 71.7 Å². The van der Waals surface area contributed by atoms with Crippen molar-refractivity contribution in [1.82, 2.24) is 9.55 Å². The van der Waals surface area contributed by atoms with Crippen molar-refractivity contribution in [1.29, 1.82) is 0 Å². The highest BCUT2D eigenvalue weighted by Crippen LogP contribution is 2.26. The molecule has 2 N–H and O–H groups in total. The van der Waals surface area contributed by atoms with Gasteiger partial charge in [-0.1, -0.05) is 12.1 Å². The third-order valence-electron chi connectivity index (χ3n) is 5.76. The van der Waals surface area contributed by atoms with E-state index in [1.165, 1.54) is 4.90 Å². The molecule has 30 heavy (non-hydrogen) atoms. The van der Waals surface area contributed by atoms with Crippen LogP contribution in [0, 0.1) is 6.92 Å². The second-order valence-electron chi connectivity index (χ2n) is 7.90. The molecule has 1 fully saturated rings. The van der Waals surface area contributed by atoms with E-state index in [9.17, 15) is 9.59 Å². The minimum absolute atomic E-state index is 0.132. The predicted molar refractivity (Wildman–Crippen MR) is 120 cm³/mol. The monoisotopic (exact) mass is 406 g/mol. The first-order valence-electron chi connectivity index (χ1n) is 10.5. The maximum absolute atomic E-state index is 13.1. The zero-order valence-corrected chi connectivity index (χ0v) is 17.7. The van der Waals surface area contributed by atoms with Crippen molar-refractivity contribution in [3.8, 4) is 0 Å². The Morgan fingerprint density at radius 1 is 1.17 bits per heavy atom. The van der Waals surface area contributed by atoms with E-state index in [0.717, 1.165) is 43.2 Å². The molecule has 2 aromatic heterocycles. The van der Waals surface area contributed by atoms with Gasteiger partial charge in [0, 0.05) is 18.4 Å². The number of fused-ring (bicyclic) bond motifs is 1. The maximum Gasteiger partial charge on any atom is 0.261 e. The summed E-state index contributed by atoms with van der Waals surface area (Å²) in [4.78, 5) is 34.5. The number of amides is 1. The lowest BCUT2D eigenvalue weighted by Gasteiger charge is -2.33. The molecule has 1 saturated heterocycles. The van der Waals surface area contributed by atoms with Gasteiger partial charge in [0.1, 0.15) is 11.2 Å². The van der Waals surface area contributed by atoms with Crippen molar-refractivity contribution in [2.45, 2.75) is 20.4 Å². The molecule has 7 nitrogen and oxygen atoms in total. The summed E-state index contributed by atoms with van der Waals surface area (Å²) in [6, 6.07) is 11.3. The van der Waals surface area contributed by atoms with Gasteiger partial charge in [0.25, 0.3) is 5.91 Å². The first kappa shape index (κ1) is 20.1. The number of nitrogens with zero attached hydrogens (tertiary/aromatic N) is 3. The highest BCUT2D eigenvalue weighted by molar-refractivity contribution is 6.07. The summed E-state index contributed by atoms with van der Waals surface area (Å²) in [5.41, 5.74) is 3.01. The number of likely N-dealkylation sites (N-methyl/N-ethyl adjacent to an activating group) is 1. The van der Waals surface area contributed by atoms with E-state index < -0.39 is 5.91 Å². The second-order valence-corrected chi connectivity index (χ2v) is 7.90. The van der Waals surface area contributed by atoms with Crippen LogP contribution in [0.1, 0.15) is 23.0 Å². The molecule has 0 atom stereocenters. The molecule has 0 saturated carbocycles. The average molecular weight is 407 g/mol. The van der Waals surface area contributed by atoms with Gasteiger partial charge in [0.15, 0.2) is 0 Å². The number of quaternary nitrogens is 1. The lowest BCUT2D eigenvalue weighted by molar-refractivity contribution is -0.880. The molecule has 3 aromatic rings. The number of carbonyl (C=O) groups is 1.